The van der Waals surface area contributed by atoms with E-state index in [0.717, 1.165) is 27.8 Å². The first kappa shape index (κ1) is 15.5. The Hall–Kier alpha value is -2.42. The van der Waals surface area contributed by atoms with Crippen molar-refractivity contribution in [2.75, 3.05) is 0 Å². The Balaban J connectivity index is 2.22. The number of Topliss-reactive ketones (excluding diaryl/α,β-unsaturated/α-hetero) is 1. The molecule has 0 amide bonds. The van der Waals surface area contributed by atoms with Crippen LogP contribution in [0, 0.1) is 19.8 Å². The van der Waals surface area contributed by atoms with Gasteiger partial charge < -0.3 is 5.11 Å². The van der Waals surface area contributed by atoms with Gasteiger partial charge in [0.1, 0.15) is 0 Å². The number of carbonyl (C=O) groups excluding carboxylic acids is 1. The van der Waals surface area contributed by atoms with Crippen molar-refractivity contribution < 1.29 is 14.7 Å². The van der Waals surface area contributed by atoms with Gasteiger partial charge in [0.05, 0.1) is 0 Å². The number of hydrogen-bond acceptors (Lipinski definition) is 2. The van der Waals surface area contributed by atoms with E-state index >= 15 is 0 Å². The third kappa shape index (κ3) is 2.79. The molecule has 2 atom stereocenters. The fraction of sp³-hybridized carbons (Fsp3) is 0.300. The van der Waals surface area contributed by atoms with Crippen molar-refractivity contribution in [3.05, 3.63) is 70.3 Å². The maximum Gasteiger partial charge on any atom is 0.303 e. The summed E-state index contributed by atoms with van der Waals surface area (Å²) in [6.07, 6.45) is 0.306. The molecule has 0 radical (unpaired) electrons. The Kier molecular flexibility index (Phi) is 4.03. The van der Waals surface area contributed by atoms with E-state index in [4.69, 9.17) is 0 Å². The van der Waals surface area contributed by atoms with Gasteiger partial charge in [-0.25, -0.2) is 0 Å². The van der Waals surface area contributed by atoms with E-state index in [1.807, 2.05) is 50.2 Å². The summed E-state index contributed by atoms with van der Waals surface area (Å²) in [5.74, 6) is -1.03. The summed E-state index contributed by atoms with van der Waals surface area (Å²) in [5.41, 5.74) is 5.07. The largest absolute Gasteiger partial charge is 0.481 e. The number of aliphatic carboxylic acids is 1. The van der Waals surface area contributed by atoms with Crippen molar-refractivity contribution in [1.82, 2.24) is 0 Å². The molecule has 23 heavy (non-hydrogen) atoms. The molecule has 2 aromatic carbocycles. The second kappa shape index (κ2) is 5.99. The molecule has 0 aliphatic heterocycles. The zero-order valence-corrected chi connectivity index (χ0v) is 13.4. The highest BCUT2D eigenvalue weighted by Gasteiger charge is 2.37. The van der Waals surface area contributed by atoms with Crippen LogP contribution in [0.15, 0.2) is 42.5 Å². The first-order valence-electron chi connectivity index (χ1n) is 7.89. The summed E-state index contributed by atoms with van der Waals surface area (Å²) in [6, 6.07) is 13.8. The van der Waals surface area contributed by atoms with Crippen LogP contribution in [0.4, 0.5) is 0 Å². The van der Waals surface area contributed by atoms with Gasteiger partial charge in [-0.15, -0.1) is 0 Å². The maximum atomic E-state index is 12.5. The molecule has 0 bridgehead atoms. The molecule has 0 aromatic heterocycles. The molecule has 0 heterocycles. The highest BCUT2D eigenvalue weighted by Crippen LogP contribution is 2.44. The minimum atomic E-state index is -0.849. The molecule has 2 aromatic rings. The van der Waals surface area contributed by atoms with E-state index in [1.165, 1.54) is 0 Å². The molecular weight excluding hydrogens is 288 g/mol. The lowest BCUT2D eigenvalue weighted by molar-refractivity contribution is -0.138. The summed E-state index contributed by atoms with van der Waals surface area (Å²) < 4.78 is 0. The van der Waals surface area contributed by atoms with E-state index in [0.29, 0.717) is 6.42 Å². The SMILES string of the molecule is Cc1ccccc1[C@@H]1c2c(C)cccc2C(=O)C[C@@H]1CC(=O)O. The van der Waals surface area contributed by atoms with Gasteiger partial charge in [-0.2, -0.15) is 0 Å². The third-order valence-electron chi connectivity index (χ3n) is 4.81. The maximum absolute atomic E-state index is 12.5. The highest BCUT2D eigenvalue weighted by molar-refractivity contribution is 6.00. The van der Waals surface area contributed by atoms with Gasteiger partial charge in [0.2, 0.25) is 0 Å². The molecular formula is C20H20O3. The topological polar surface area (TPSA) is 54.4 Å². The van der Waals surface area contributed by atoms with Crippen LogP contribution in [0.1, 0.15) is 51.4 Å². The number of benzene rings is 2. The average Bonchev–Trinajstić information content (AvgIpc) is 2.49. The van der Waals surface area contributed by atoms with Crippen LogP contribution in [0.25, 0.3) is 0 Å². The van der Waals surface area contributed by atoms with E-state index in [9.17, 15) is 14.7 Å². The first-order chi connectivity index (χ1) is 11.0. The summed E-state index contributed by atoms with van der Waals surface area (Å²) in [5, 5.41) is 9.29. The minimum absolute atomic E-state index is 0.0124. The summed E-state index contributed by atoms with van der Waals surface area (Å²) in [7, 11) is 0. The van der Waals surface area contributed by atoms with Crippen LogP contribution >= 0.6 is 0 Å². The van der Waals surface area contributed by atoms with Crippen LogP contribution in [0.3, 0.4) is 0 Å². The lowest BCUT2D eigenvalue weighted by Gasteiger charge is -2.34. The number of rotatable bonds is 3. The van der Waals surface area contributed by atoms with E-state index in [-0.39, 0.29) is 24.0 Å². The van der Waals surface area contributed by atoms with Gasteiger partial charge in [-0.05, 0) is 42.0 Å². The predicted molar refractivity (Wildman–Crippen MR) is 88.9 cm³/mol. The molecule has 0 saturated heterocycles. The Bertz CT molecular complexity index is 776. The second-order valence-electron chi connectivity index (χ2n) is 6.36. The normalized spacial score (nSPS) is 20.2. The van der Waals surface area contributed by atoms with Gasteiger partial charge >= 0.3 is 5.97 Å². The second-order valence-corrected chi connectivity index (χ2v) is 6.36. The van der Waals surface area contributed by atoms with E-state index in [2.05, 4.69) is 6.07 Å². The molecule has 3 nitrogen and oxygen atoms in total. The molecule has 118 valence electrons. The Morgan fingerprint density at radius 1 is 1.09 bits per heavy atom. The van der Waals surface area contributed by atoms with Gasteiger partial charge in [-0.1, -0.05) is 42.5 Å². The first-order valence-corrected chi connectivity index (χ1v) is 7.89. The lowest BCUT2D eigenvalue weighted by atomic mass is 9.68. The number of fused-ring (bicyclic) bond motifs is 1. The van der Waals surface area contributed by atoms with Crippen LogP contribution < -0.4 is 0 Å². The van der Waals surface area contributed by atoms with Crippen molar-refractivity contribution in [1.29, 1.82) is 0 Å². The van der Waals surface area contributed by atoms with Crippen molar-refractivity contribution in [3.63, 3.8) is 0 Å². The number of carboxylic acids is 1. The molecule has 0 saturated carbocycles. The van der Waals surface area contributed by atoms with Crippen LogP contribution in [0.5, 0.6) is 0 Å². The molecule has 1 aliphatic carbocycles. The molecule has 0 fully saturated rings. The van der Waals surface area contributed by atoms with Crippen molar-refractivity contribution in [2.45, 2.75) is 32.6 Å². The molecule has 1 N–H and O–H groups in total. The number of ketones is 1. The van der Waals surface area contributed by atoms with Gasteiger partial charge in [-0.3, -0.25) is 9.59 Å². The number of carbonyl (C=O) groups is 2. The van der Waals surface area contributed by atoms with E-state index in [1.54, 1.807) is 0 Å². The predicted octanol–water partition coefficient (Wildman–Crippen LogP) is 4.11. The van der Waals surface area contributed by atoms with Gasteiger partial charge in [0.15, 0.2) is 5.78 Å². The standard InChI is InChI=1S/C20H20O3/c1-12-6-3-4-8-15(12)20-14(11-18(22)23)10-17(21)16-9-5-7-13(2)19(16)20/h3-9,14,20H,10-11H2,1-2H3,(H,22,23)/t14-,20-/m1/s1. The molecule has 0 spiro atoms. The number of hydrogen-bond donors (Lipinski definition) is 1. The Morgan fingerprint density at radius 2 is 1.78 bits per heavy atom. The Labute approximate surface area is 136 Å². The monoisotopic (exact) mass is 308 g/mol. The van der Waals surface area contributed by atoms with Crippen LogP contribution in [-0.2, 0) is 4.79 Å². The lowest BCUT2D eigenvalue weighted by Crippen LogP contribution is -2.29. The van der Waals surface area contributed by atoms with Crippen molar-refractivity contribution in [2.24, 2.45) is 5.92 Å². The average molecular weight is 308 g/mol. The molecule has 1 aliphatic rings. The summed E-state index contributed by atoms with van der Waals surface area (Å²) in [6.45, 7) is 4.04. The number of aryl methyl sites for hydroxylation is 2. The summed E-state index contributed by atoms with van der Waals surface area (Å²) >= 11 is 0. The van der Waals surface area contributed by atoms with Gasteiger partial charge in [0.25, 0.3) is 0 Å². The van der Waals surface area contributed by atoms with Crippen LogP contribution in [-0.4, -0.2) is 16.9 Å². The zero-order chi connectivity index (χ0) is 16.6. The van der Waals surface area contributed by atoms with Crippen molar-refractivity contribution >= 4 is 11.8 Å². The quantitative estimate of drug-likeness (QED) is 0.928. The molecule has 0 unspecified atom stereocenters. The van der Waals surface area contributed by atoms with Crippen molar-refractivity contribution in [3.8, 4) is 0 Å². The highest BCUT2D eigenvalue weighted by atomic mass is 16.4. The summed E-state index contributed by atoms with van der Waals surface area (Å²) in [4.78, 5) is 23.8. The van der Waals surface area contributed by atoms with Crippen LogP contribution in [0.2, 0.25) is 0 Å². The smallest absolute Gasteiger partial charge is 0.303 e. The van der Waals surface area contributed by atoms with Gasteiger partial charge in [0, 0.05) is 24.3 Å². The number of carboxylic acid groups (broad SMARTS) is 1. The minimum Gasteiger partial charge on any atom is -0.481 e. The van der Waals surface area contributed by atoms with E-state index < -0.39 is 5.97 Å². The fourth-order valence-electron chi connectivity index (χ4n) is 3.80. The molecule has 3 rings (SSSR count). The fourth-order valence-corrected chi connectivity index (χ4v) is 3.80. The zero-order valence-electron chi connectivity index (χ0n) is 13.4. The Morgan fingerprint density at radius 3 is 2.48 bits per heavy atom. The molecule has 3 heteroatoms. The third-order valence-corrected chi connectivity index (χ3v) is 4.81.